The van der Waals surface area contributed by atoms with Crippen LogP contribution in [0.1, 0.15) is 6.42 Å². The Balaban J connectivity index is 4.16. The third kappa shape index (κ3) is 6.08. The van der Waals surface area contributed by atoms with Crippen molar-refractivity contribution < 1.29 is 24.2 Å². The van der Waals surface area contributed by atoms with Crippen LogP contribution in [0.2, 0.25) is 0 Å². The molecule has 0 fully saturated rings. The van der Waals surface area contributed by atoms with Crippen LogP contribution < -0.4 is 11.1 Å². The van der Waals surface area contributed by atoms with Gasteiger partial charge in [0, 0.05) is 0 Å². The summed E-state index contributed by atoms with van der Waals surface area (Å²) < 4.78 is 4.47. The van der Waals surface area contributed by atoms with E-state index in [0.29, 0.717) is 0 Å². The Labute approximate surface area is 85.9 Å². The highest BCUT2D eigenvalue weighted by molar-refractivity contribution is 5.86. The zero-order chi connectivity index (χ0) is 11.8. The molecule has 0 spiro atoms. The molecule has 0 aromatic rings. The molecule has 84 valence electrons. The summed E-state index contributed by atoms with van der Waals surface area (Å²) in [5.41, 5.74) is 4.80. The lowest BCUT2D eigenvalue weighted by molar-refractivity contribution is -0.141. The standard InChI is InChI=1S/C8H12N2O5/c1-2-3-15-8(14)10-5(7(12)13)4-6(9)11/h2,5H,1,3-4H2,(H2,9,11)(H,10,14)(H,12,13)/t5-/m0/s1. The van der Waals surface area contributed by atoms with Crippen LogP contribution in [-0.4, -0.2) is 35.7 Å². The number of hydrogen-bond acceptors (Lipinski definition) is 4. The molecule has 0 saturated carbocycles. The van der Waals surface area contributed by atoms with Gasteiger partial charge in [-0.2, -0.15) is 0 Å². The lowest BCUT2D eigenvalue weighted by atomic mass is 10.2. The molecule has 0 aromatic heterocycles. The minimum absolute atomic E-state index is 0.0469. The summed E-state index contributed by atoms with van der Waals surface area (Å²) in [7, 11) is 0. The van der Waals surface area contributed by atoms with E-state index in [1.165, 1.54) is 6.08 Å². The molecule has 7 nitrogen and oxygen atoms in total. The minimum atomic E-state index is -1.38. The number of rotatable bonds is 6. The van der Waals surface area contributed by atoms with Gasteiger partial charge in [-0.15, -0.1) is 0 Å². The molecule has 0 aliphatic rings. The zero-order valence-corrected chi connectivity index (χ0v) is 7.93. The molecule has 0 heterocycles. The van der Waals surface area contributed by atoms with E-state index >= 15 is 0 Å². The van der Waals surface area contributed by atoms with Gasteiger partial charge in [-0.25, -0.2) is 9.59 Å². The Kier molecular flexibility index (Phi) is 5.53. The molecule has 0 saturated heterocycles. The maximum absolute atomic E-state index is 10.9. The van der Waals surface area contributed by atoms with E-state index in [0.717, 1.165) is 0 Å². The average Bonchev–Trinajstić information content (AvgIpc) is 2.12. The maximum Gasteiger partial charge on any atom is 0.408 e. The van der Waals surface area contributed by atoms with Crippen molar-refractivity contribution in [3.05, 3.63) is 12.7 Å². The van der Waals surface area contributed by atoms with Crippen LogP contribution in [-0.2, 0) is 14.3 Å². The first-order valence-corrected chi connectivity index (χ1v) is 4.02. The van der Waals surface area contributed by atoms with Crippen LogP contribution in [0.15, 0.2) is 12.7 Å². The number of alkyl carbamates (subject to hydrolysis) is 1. The highest BCUT2D eigenvalue weighted by Crippen LogP contribution is 1.93. The van der Waals surface area contributed by atoms with Gasteiger partial charge in [0.1, 0.15) is 12.6 Å². The number of carboxylic acids is 1. The molecule has 15 heavy (non-hydrogen) atoms. The lowest BCUT2D eigenvalue weighted by Gasteiger charge is -2.11. The predicted molar refractivity (Wildman–Crippen MR) is 49.9 cm³/mol. The fourth-order valence-corrected chi connectivity index (χ4v) is 0.720. The molecule has 0 aliphatic heterocycles. The van der Waals surface area contributed by atoms with E-state index < -0.39 is 30.4 Å². The molecule has 0 rings (SSSR count). The summed E-state index contributed by atoms with van der Waals surface area (Å²) in [5, 5.41) is 10.6. The third-order valence-corrected chi connectivity index (χ3v) is 1.33. The topological polar surface area (TPSA) is 119 Å². The van der Waals surface area contributed by atoms with E-state index in [1.807, 2.05) is 5.32 Å². The number of carboxylic acid groups (broad SMARTS) is 1. The summed E-state index contributed by atoms with van der Waals surface area (Å²) >= 11 is 0. The number of primary amides is 1. The van der Waals surface area contributed by atoms with Gasteiger partial charge in [0.05, 0.1) is 6.42 Å². The van der Waals surface area contributed by atoms with Crippen molar-refractivity contribution >= 4 is 18.0 Å². The van der Waals surface area contributed by atoms with Crippen molar-refractivity contribution in [2.24, 2.45) is 5.73 Å². The molecule has 0 unspecified atom stereocenters. The Morgan fingerprint density at radius 1 is 1.53 bits per heavy atom. The fourth-order valence-electron chi connectivity index (χ4n) is 0.720. The van der Waals surface area contributed by atoms with Crippen molar-refractivity contribution in [3.63, 3.8) is 0 Å². The van der Waals surface area contributed by atoms with Gasteiger partial charge < -0.3 is 20.9 Å². The molecule has 2 amide bonds. The summed E-state index contributed by atoms with van der Waals surface area (Å²) in [4.78, 5) is 31.9. The number of aliphatic carboxylic acids is 1. The molecule has 0 radical (unpaired) electrons. The molecule has 7 heteroatoms. The Morgan fingerprint density at radius 3 is 2.53 bits per heavy atom. The number of carbonyl (C=O) groups excluding carboxylic acids is 2. The molecular formula is C8H12N2O5. The number of amides is 2. The second kappa shape index (κ2) is 6.41. The first kappa shape index (κ1) is 12.9. The van der Waals surface area contributed by atoms with Crippen molar-refractivity contribution in [2.45, 2.75) is 12.5 Å². The summed E-state index contributed by atoms with van der Waals surface area (Å²) in [5.74, 6) is -2.18. The summed E-state index contributed by atoms with van der Waals surface area (Å²) in [6.45, 7) is 3.25. The molecule has 0 aromatic carbocycles. The van der Waals surface area contributed by atoms with E-state index in [9.17, 15) is 14.4 Å². The van der Waals surface area contributed by atoms with Crippen LogP contribution in [0, 0.1) is 0 Å². The van der Waals surface area contributed by atoms with Crippen LogP contribution in [0.25, 0.3) is 0 Å². The average molecular weight is 216 g/mol. The second-order valence-corrected chi connectivity index (χ2v) is 2.59. The van der Waals surface area contributed by atoms with Gasteiger partial charge in [-0.05, 0) is 0 Å². The van der Waals surface area contributed by atoms with Crippen molar-refractivity contribution in [2.75, 3.05) is 6.61 Å². The second-order valence-electron chi connectivity index (χ2n) is 2.59. The molecular weight excluding hydrogens is 204 g/mol. The summed E-state index contributed by atoms with van der Waals surface area (Å²) in [6.07, 6.45) is -0.106. The summed E-state index contributed by atoms with van der Waals surface area (Å²) in [6, 6.07) is -1.38. The Bertz CT molecular complexity index is 276. The van der Waals surface area contributed by atoms with E-state index in [-0.39, 0.29) is 6.61 Å². The van der Waals surface area contributed by atoms with Gasteiger partial charge in [0.25, 0.3) is 0 Å². The van der Waals surface area contributed by atoms with E-state index in [2.05, 4.69) is 11.3 Å². The fraction of sp³-hybridized carbons (Fsp3) is 0.375. The maximum atomic E-state index is 10.9. The largest absolute Gasteiger partial charge is 0.480 e. The molecule has 0 bridgehead atoms. The monoisotopic (exact) mass is 216 g/mol. The number of nitrogens with one attached hydrogen (secondary N) is 1. The Morgan fingerprint density at radius 2 is 2.13 bits per heavy atom. The number of nitrogens with two attached hydrogens (primary N) is 1. The third-order valence-electron chi connectivity index (χ3n) is 1.33. The molecule has 4 N–H and O–H groups in total. The van der Waals surface area contributed by atoms with Crippen LogP contribution in [0.3, 0.4) is 0 Å². The lowest BCUT2D eigenvalue weighted by Crippen LogP contribution is -2.43. The molecule has 0 aliphatic carbocycles. The SMILES string of the molecule is C=CCOC(=O)N[C@@H](CC(N)=O)C(=O)O. The van der Waals surface area contributed by atoms with Crippen molar-refractivity contribution in [3.8, 4) is 0 Å². The van der Waals surface area contributed by atoms with Gasteiger partial charge in [-0.1, -0.05) is 12.7 Å². The van der Waals surface area contributed by atoms with Gasteiger partial charge in [0.2, 0.25) is 5.91 Å². The normalized spacial score (nSPS) is 11.2. The zero-order valence-electron chi connectivity index (χ0n) is 7.93. The number of hydrogen-bond donors (Lipinski definition) is 3. The van der Waals surface area contributed by atoms with Gasteiger partial charge >= 0.3 is 12.1 Å². The van der Waals surface area contributed by atoms with Gasteiger partial charge in [-0.3, -0.25) is 4.79 Å². The highest BCUT2D eigenvalue weighted by atomic mass is 16.5. The smallest absolute Gasteiger partial charge is 0.408 e. The van der Waals surface area contributed by atoms with Crippen LogP contribution in [0.5, 0.6) is 0 Å². The highest BCUT2D eigenvalue weighted by Gasteiger charge is 2.22. The molecule has 1 atom stereocenters. The predicted octanol–water partition coefficient (Wildman–Crippen LogP) is -0.773. The van der Waals surface area contributed by atoms with E-state index in [1.54, 1.807) is 0 Å². The first-order valence-electron chi connectivity index (χ1n) is 4.02. The quantitative estimate of drug-likeness (QED) is 0.503. The van der Waals surface area contributed by atoms with Crippen LogP contribution >= 0.6 is 0 Å². The first-order chi connectivity index (χ1) is 6.97. The van der Waals surface area contributed by atoms with Crippen molar-refractivity contribution in [1.82, 2.24) is 5.32 Å². The van der Waals surface area contributed by atoms with Crippen molar-refractivity contribution in [1.29, 1.82) is 0 Å². The number of ether oxygens (including phenoxy) is 1. The van der Waals surface area contributed by atoms with Gasteiger partial charge in [0.15, 0.2) is 0 Å². The van der Waals surface area contributed by atoms with Crippen LogP contribution in [0.4, 0.5) is 4.79 Å². The number of carbonyl (C=O) groups is 3. The van der Waals surface area contributed by atoms with E-state index in [4.69, 9.17) is 10.8 Å². The Hall–Kier alpha value is -2.05. The minimum Gasteiger partial charge on any atom is -0.480 e.